The van der Waals surface area contributed by atoms with Gasteiger partial charge in [-0.3, -0.25) is 14.4 Å². The van der Waals surface area contributed by atoms with E-state index in [2.05, 4.69) is 10.3 Å². The first-order valence-corrected chi connectivity index (χ1v) is 22.5. The largest absolute Gasteiger partial charge is 0.491 e. The van der Waals surface area contributed by atoms with Gasteiger partial charge in [-0.15, -0.1) is 11.3 Å². The van der Waals surface area contributed by atoms with E-state index >= 15 is 0 Å². The molecule has 1 unspecified atom stereocenters. The van der Waals surface area contributed by atoms with Crippen molar-refractivity contribution in [1.29, 1.82) is 0 Å². The van der Waals surface area contributed by atoms with Crippen molar-refractivity contribution in [3.05, 3.63) is 94.6 Å². The smallest absolute Gasteiger partial charge is 0.255 e. The molecule has 2 atom stereocenters. The van der Waals surface area contributed by atoms with Gasteiger partial charge in [-0.1, -0.05) is 44.2 Å². The van der Waals surface area contributed by atoms with Gasteiger partial charge in [0.05, 0.1) is 55.7 Å². The third kappa shape index (κ3) is 13.0. The van der Waals surface area contributed by atoms with Crippen molar-refractivity contribution in [3.63, 3.8) is 0 Å². The molecule has 0 spiro atoms. The average Bonchev–Trinajstić information content (AvgIpc) is 4.02. The predicted molar refractivity (Wildman–Crippen MR) is 238 cm³/mol. The third-order valence-corrected chi connectivity index (χ3v) is 11.8. The van der Waals surface area contributed by atoms with Gasteiger partial charge >= 0.3 is 0 Å². The van der Waals surface area contributed by atoms with Crippen LogP contribution in [0, 0.1) is 12.8 Å². The fraction of sp³-hybridized carbons (Fsp3) is 0.489. The number of nitrogens with two attached hydrogens (primary N) is 1. The van der Waals surface area contributed by atoms with Crippen LogP contribution in [0.1, 0.15) is 66.7 Å². The standard InChI is InChI=1S/C47H61N5O9S/c1-33(2)43(52-31-37-9-4-5-10-40(37)46(52)54)47(55)51-18-8-11-41(51)45(53)49-30-36-13-12-35(44-34(3)50-32-62-44)29-42(36)61-28-26-59-24-22-57-20-7-6-19-56-21-23-58-25-27-60-39-16-14-38(48)15-17-39/h4-5,9-10,12-17,29,32-33,41,43H,6-8,11,18-28,30-31,48H2,1-3H3,(H,49,53)/t41-,43?/m0/s1. The van der Waals surface area contributed by atoms with E-state index in [1.165, 1.54) is 0 Å². The minimum absolute atomic E-state index is 0.130. The van der Waals surface area contributed by atoms with Crippen LogP contribution in [0.2, 0.25) is 0 Å². The quantitative estimate of drug-likeness (QED) is 0.0539. The van der Waals surface area contributed by atoms with Crippen LogP contribution in [0.25, 0.3) is 10.4 Å². The number of thiazole rings is 1. The van der Waals surface area contributed by atoms with Crippen LogP contribution in [0.4, 0.5) is 5.69 Å². The number of carbonyl (C=O) groups is 3. The Morgan fingerprint density at radius 3 is 2.18 bits per heavy atom. The number of nitrogens with one attached hydrogen (secondary N) is 1. The number of hydrogen-bond acceptors (Lipinski definition) is 12. The topological polar surface area (TPSA) is 164 Å². The van der Waals surface area contributed by atoms with Gasteiger partial charge in [0.2, 0.25) is 11.8 Å². The lowest BCUT2D eigenvalue weighted by Crippen LogP contribution is -2.55. The Morgan fingerprint density at radius 2 is 1.52 bits per heavy atom. The molecule has 0 aliphatic carbocycles. The van der Waals surface area contributed by atoms with Crippen LogP contribution < -0.4 is 20.5 Å². The summed E-state index contributed by atoms with van der Waals surface area (Å²) in [4.78, 5) is 50.1. The number of amides is 3. The lowest BCUT2D eigenvalue weighted by Gasteiger charge is -2.35. The Labute approximate surface area is 369 Å². The first kappa shape index (κ1) is 46.4. The fourth-order valence-corrected chi connectivity index (χ4v) is 8.46. The number of nitrogen functional groups attached to an aromatic ring is 1. The van der Waals surface area contributed by atoms with Crippen molar-refractivity contribution in [1.82, 2.24) is 20.1 Å². The predicted octanol–water partition coefficient (Wildman–Crippen LogP) is 6.29. The molecular weight excluding hydrogens is 811 g/mol. The second kappa shape index (κ2) is 24.0. The van der Waals surface area contributed by atoms with Crippen LogP contribution in [0.15, 0.2) is 72.2 Å². The number of rotatable bonds is 26. The number of benzene rings is 3. The summed E-state index contributed by atoms with van der Waals surface area (Å²) in [5, 5.41) is 3.09. The molecule has 15 heteroatoms. The lowest BCUT2D eigenvalue weighted by molar-refractivity contribution is -0.143. The highest BCUT2D eigenvalue weighted by Crippen LogP contribution is 2.33. The molecule has 0 saturated carbocycles. The number of anilines is 1. The van der Waals surface area contributed by atoms with Crippen molar-refractivity contribution in [2.45, 2.75) is 71.6 Å². The molecule has 6 rings (SSSR count). The van der Waals surface area contributed by atoms with Gasteiger partial charge in [-0.05, 0) is 86.1 Å². The molecule has 1 saturated heterocycles. The number of nitrogens with zero attached hydrogens (tertiary/aromatic N) is 3. The summed E-state index contributed by atoms with van der Waals surface area (Å²) in [6, 6.07) is 19.4. The molecule has 1 aromatic heterocycles. The van der Waals surface area contributed by atoms with Gasteiger partial charge in [-0.2, -0.15) is 0 Å². The first-order valence-electron chi connectivity index (χ1n) is 21.6. The summed E-state index contributed by atoms with van der Waals surface area (Å²) in [6.45, 7) is 11.8. The fourth-order valence-electron chi connectivity index (χ4n) is 7.65. The number of hydrogen-bond donors (Lipinski definition) is 2. The van der Waals surface area contributed by atoms with E-state index in [0.717, 1.165) is 45.9 Å². The number of likely N-dealkylation sites (tertiary alicyclic amines) is 1. The SMILES string of the molecule is Cc1ncsc1-c1ccc(CNC(=O)[C@@H]2CCCN2C(=O)C(C(C)C)N2Cc3ccccc3C2=O)c(OCCOCCOCCCCOCCOCCOc2ccc(N)cc2)c1. The second-order valence-electron chi connectivity index (χ2n) is 15.7. The summed E-state index contributed by atoms with van der Waals surface area (Å²) >= 11 is 1.56. The normalized spacial score (nSPS) is 15.3. The molecule has 0 bridgehead atoms. The van der Waals surface area contributed by atoms with Gasteiger partial charge in [-0.25, -0.2) is 4.98 Å². The van der Waals surface area contributed by atoms with Gasteiger partial charge in [0.25, 0.3) is 5.91 Å². The molecule has 3 amide bonds. The maximum absolute atomic E-state index is 14.2. The van der Waals surface area contributed by atoms with E-state index in [4.69, 9.17) is 34.2 Å². The molecule has 3 N–H and O–H groups in total. The van der Waals surface area contributed by atoms with Crippen molar-refractivity contribution >= 4 is 34.7 Å². The molecule has 2 aliphatic rings. The van der Waals surface area contributed by atoms with Gasteiger partial charge in [0.1, 0.15) is 36.8 Å². The summed E-state index contributed by atoms with van der Waals surface area (Å²) in [5.41, 5.74) is 12.5. The Balaban J connectivity index is 0.887. The highest BCUT2D eigenvalue weighted by atomic mass is 32.1. The van der Waals surface area contributed by atoms with E-state index in [-0.39, 0.29) is 30.2 Å². The van der Waals surface area contributed by atoms with Crippen LogP contribution in [0.3, 0.4) is 0 Å². The van der Waals surface area contributed by atoms with Crippen LogP contribution >= 0.6 is 11.3 Å². The third-order valence-electron chi connectivity index (χ3n) is 10.9. The maximum Gasteiger partial charge on any atom is 0.255 e. The Hall–Kier alpha value is -5.06. The number of carbonyl (C=O) groups excluding carboxylic acids is 3. The number of unbranched alkanes of at least 4 members (excludes halogenated alkanes) is 1. The Bertz CT molecular complexity index is 2040. The van der Waals surface area contributed by atoms with Crippen LogP contribution in [-0.2, 0) is 41.6 Å². The molecule has 0 radical (unpaired) electrons. The van der Waals surface area contributed by atoms with E-state index in [0.29, 0.717) is 109 Å². The van der Waals surface area contributed by atoms with Crippen molar-refractivity contribution in [2.75, 3.05) is 78.3 Å². The van der Waals surface area contributed by atoms with Crippen molar-refractivity contribution < 1.29 is 42.8 Å². The summed E-state index contributed by atoms with van der Waals surface area (Å²) < 4.78 is 34.6. The Kier molecular flexibility index (Phi) is 18.0. The molecule has 334 valence electrons. The second-order valence-corrected chi connectivity index (χ2v) is 16.6. The summed E-state index contributed by atoms with van der Waals surface area (Å²) in [7, 11) is 0. The molecule has 2 aliphatic heterocycles. The maximum atomic E-state index is 14.2. The molecule has 4 aromatic rings. The molecule has 14 nitrogen and oxygen atoms in total. The molecule has 3 aromatic carbocycles. The minimum atomic E-state index is -0.665. The summed E-state index contributed by atoms with van der Waals surface area (Å²) in [6.07, 6.45) is 3.04. The van der Waals surface area contributed by atoms with E-state index in [1.54, 1.807) is 33.3 Å². The molecule has 1 fully saturated rings. The zero-order valence-electron chi connectivity index (χ0n) is 36.2. The van der Waals surface area contributed by atoms with E-state index < -0.39 is 12.1 Å². The number of fused-ring (bicyclic) bond motifs is 1. The van der Waals surface area contributed by atoms with Crippen LogP contribution in [-0.4, -0.2) is 117 Å². The van der Waals surface area contributed by atoms with E-state index in [1.807, 2.05) is 80.9 Å². The summed E-state index contributed by atoms with van der Waals surface area (Å²) in [5.74, 6) is 0.724. The van der Waals surface area contributed by atoms with Crippen LogP contribution in [0.5, 0.6) is 11.5 Å². The van der Waals surface area contributed by atoms with Crippen molar-refractivity contribution in [3.8, 4) is 21.9 Å². The van der Waals surface area contributed by atoms with E-state index in [9.17, 15) is 14.4 Å². The first-order chi connectivity index (χ1) is 30.2. The Morgan fingerprint density at radius 1 is 0.855 bits per heavy atom. The zero-order chi connectivity index (χ0) is 43.7. The van der Waals surface area contributed by atoms with Gasteiger partial charge in [0.15, 0.2) is 0 Å². The average molecular weight is 872 g/mol. The lowest BCUT2D eigenvalue weighted by atomic mass is 10.0. The number of aromatic nitrogens is 1. The highest BCUT2D eigenvalue weighted by Gasteiger charge is 2.43. The van der Waals surface area contributed by atoms with Crippen molar-refractivity contribution in [2.24, 2.45) is 5.92 Å². The minimum Gasteiger partial charge on any atom is -0.491 e. The zero-order valence-corrected chi connectivity index (χ0v) is 37.0. The molecule has 3 heterocycles. The number of aryl methyl sites for hydroxylation is 1. The molecular formula is C47H61N5O9S. The number of ether oxygens (including phenoxy) is 6. The monoisotopic (exact) mass is 871 g/mol. The molecule has 62 heavy (non-hydrogen) atoms. The van der Waals surface area contributed by atoms with Gasteiger partial charge < -0.3 is 49.3 Å². The van der Waals surface area contributed by atoms with Gasteiger partial charge in [0, 0.05) is 49.7 Å². The highest BCUT2D eigenvalue weighted by molar-refractivity contribution is 7.13.